The maximum Gasteiger partial charge on any atom is 0.472 e. The Bertz CT molecular complexity index is 1150. The molecule has 12 heteroatoms. The SMILES string of the molecule is CCCC/C=C\C/C=C\CCCCCCCC(=O)NC(COP(=O)(O)OCC(O)COC(=O)CCCCCCCCCCCCCCCCCCCCCCCCCC)C(=O)O. The van der Waals surface area contributed by atoms with E-state index < -0.39 is 57.6 Å². The van der Waals surface area contributed by atoms with Crippen molar-refractivity contribution in [2.45, 2.75) is 257 Å². The van der Waals surface area contributed by atoms with Crippen molar-refractivity contribution in [1.82, 2.24) is 5.32 Å². The number of esters is 1. The molecule has 0 aromatic carbocycles. The fourth-order valence-electron chi connectivity index (χ4n) is 7.28. The Morgan fingerprint density at radius 1 is 0.516 bits per heavy atom. The molecule has 0 bridgehead atoms. The molecule has 0 aromatic rings. The van der Waals surface area contributed by atoms with Crippen LogP contribution >= 0.6 is 7.82 Å². The summed E-state index contributed by atoms with van der Waals surface area (Å²) in [6, 6.07) is -1.55. The van der Waals surface area contributed by atoms with Crippen molar-refractivity contribution in [3.8, 4) is 0 Å². The highest BCUT2D eigenvalue weighted by atomic mass is 31.2. The van der Waals surface area contributed by atoms with Crippen LogP contribution in [0.4, 0.5) is 0 Å². The minimum Gasteiger partial charge on any atom is -0.480 e. The predicted molar refractivity (Wildman–Crippen MR) is 254 cm³/mol. The number of carbonyl (C=O) groups excluding carboxylic acids is 2. The first-order chi connectivity index (χ1) is 30.1. The summed E-state index contributed by atoms with van der Waals surface area (Å²) in [5, 5.41) is 21.9. The highest BCUT2D eigenvalue weighted by molar-refractivity contribution is 7.47. The normalized spacial score (nSPS) is 13.7. The number of rotatable bonds is 48. The Kier molecular flexibility index (Phi) is 44.0. The second-order valence-electron chi connectivity index (χ2n) is 17.4. The molecule has 3 unspecified atom stereocenters. The molecular weight excluding hydrogens is 806 g/mol. The van der Waals surface area contributed by atoms with Gasteiger partial charge in [0.2, 0.25) is 5.91 Å². The number of amides is 1. The number of carbonyl (C=O) groups is 3. The summed E-state index contributed by atoms with van der Waals surface area (Å²) in [5.41, 5.74) is 0. The number of aliphatic carboxylic acids is 1. The number of allylic oxidation sites excluding steroid dienone is 4. The van der Waals surface area contributed by atoms with Gasteiger partial charge in [-0.2, -0.15) is 0 Å². The number of phosphoric ester groups is 1. The summed E-state index contributed by atoms with van der Waals surface area (Å²) in [6.45, 7) is 2.58. The first kappa shape index (κ1) is 60.0. The zero-order valence-electron chi connectivity index (χ0n) is 39.7. The predicted octanol–water partition coefficient (Wildman–Crippen LogP) is 13.8. The van der Waals surface area contributed by atoms with E-state index >= 15 is 0 Å². The van der Waals surface area contributed by atoms with Crippen LogP contribution in [0.5, 0.6) is 0 Å². The van der Waals surface area contributed by atoms with Crippen molar-refractivity contribution < 1.29 is 47.8 Å². The summed E-state index contributed by atoms with van der Waals surface area (Å²) in [4.78, 5) is 46.0. The second-order valence-corrected chi connectivity index (χ2v) is 18.8. The van der Waals surface area contributed by atoms with Gasteiger partial charge in [-0.15, -0.1) is 0 Å². The molecule has 4 N–H and O–H groups in total. The molecule has 0 fully saturated rings. The van der Waals surface area contributed by atoms with Crippen LogP contribution in [0.25, 0.3) is 0 Å². The number of aliphatic hydroxyl groups is 1. The summed E-state index contributed by atoms with van der Waals surface area (Å²) in [7, 11) is -4.76. The van der Waals surface area contributed by atoms with Crippen LogP contribution < -0.4 is 5.32 Å². The van der Waals surface area contributed by atoms with E-state index in [0.717, 1.165) is 64.2 Å². The lowest BCUT2D eigenvalue weighted by Gasteiger charge is -2.18. The Morgan fingerprint density at radius 3 is 1.35 bits per heavy atom. The lowest BCUT2D eigenvalue weighted by molar-refractivity contribution is -0.147. The van der Waals surface area contributed by atoms with Crippen molar-refractivity contribution in [2.75, 3.05) is 19.8 Å². The van der Waals surface area contributed by atoms with Crippen LogP contribution in [0.15, 0.2) is 24.3 Å². The number of carboxylic acids is 1. The molecule has 0 aliphatic heterocycles. The molecule has 3 atom stereocenters. The number of ether oxygens (including phenoxy) is 1. The van der Waals surface area contributed by atoms with E-state index in [9.17, 15) is 34.1 Å². The van der Waals surface area contributed by atoms with Crippen molar-refractivity contribution in [3.63, 3.8) is 0 Å². The van der Waals surface area contributed by atoms with E-state index in [1.165, 1.54) is 141 Å². The van der Waals surface area contributed by atoms with E-state index in [4.69, 9.17) is 13.8 Å². The van der Waals surface area contributed by atoms with E-state index in [-0.39, 0.29) is 12.8 Å². The summed E-state index contributed by atoms with van der Waals surface area (Å²) >= 11 is 0. The van der Waals surface area contributed by atoms with Gasteiger partial charge in [-0.05, 0) is 38.5 Å². The number of nitrogens with one attached hydrogen (secondary N) is 1. The maximum absolute atomic E-state index is 12.3. The Hall–Kier alpha value is -2.04. The van der Waals surface area contributed by atoms with Gasteiger partial charge >= 0.3 is 19.8 Å². The van der Waals surface area contributed by atoms with Gasteiger partial charge in [-0.1, -0.05) is 218 Å². The van der Waals surface area contributed by atoms with Gasteiger partial charge in [-0.3, -0.25) is 18.6 Å². The van der Waals surface area contributed by atoms with Gasteiger partial charge < -0.3 is 25.2 Å². The molecule has 0 spiro atoms. The molecule has 0 aromatic heterocycles. The fraction of sp³-hybridized carbons (Fsp3) is 0.860. The van der Waals surface area contributed by atoms with Gasteiger partial charge in [0.1, 0.15) is 12.7 Å². The van der Waals surface area contributed by atoms with E-state index in [1.54, 1.807) is 0 Å². The topological polar surface area (TPSA) is 169 Å². The number of phosphoric acid groups is 1. The maximum atomic E-state index is 12.3. The monoisotopic (exact) mass is 900 g/mol. The fourth-order valence-corrected chi connectivity index (χ4v) is 8.05. The number of unbranched alkanes of at least 4 members (excludes halogenated alkanes) is 30. The molecule has 0 rings (SSSR count). The van der Waals surface area contributed by atoms with Gasteiger partial charge in [0.25, 0.3) is 0 Å². The highest BCUT2D eigenvalue weighted by Crippen LogP contribution is 2.43. The second kappa shape index (κ2) is 45.5. The molecule has 0 radical (unpaired) electrons. The van der Waals surface area contributed by atoms with Gasteiger partial charge in [0.15, 0.2) is 6.04 Å². The first-order valence-electron chi connectivity index (χ1n) is 25.4. The number of hydrogen-bond acceptors (Lipinski definition) is 8. The highest BCUT2D eigenvalue weighted by Gasteiger charge is 2.28. The van der Waals surface area contributed by atoms with E-state index in [0.29, 0.717) is 12.8 Å². The van der Waals surface area contributed by atoms with Gasteiger partial charge in [-0.25, -0.2) is 9.36 Å². The van der Waals surface area contributed by atoms with Crippen molar-refractivity contribution >= 4 is 25.7 Å². The van der Waals surface area contributed by atoms with Crippen molar-refractivity contribution in [3.05, 3.63) is 24.3 Å². The molecule has 0 aliphatic carbocycles. The first-order valence-corrected chi connectivity index (χ1v) is 26.9. The molecule has 0 saturated heterocycles. The minimum absolute atomic E-state index is 0.131. The molecule has 1 amide bonds. The van der Waals surface area contributed by atoms with Crippen LogP contribution in [-0.2, 0) is 32.7 Å². The minimum atomic E-state index is -4.76. The van der Waals surface area contributed by atoms with Crippen LogP contribution in [0, 0.1) is 0 Å². The molecule has 0 saturated carbocycles. The van der Waals surface area contributed by atoms with Crippen molar-refractivity contribution in [2.24, 2.45) is 0 Å². The third-order valence-electron chi connectivity index (χ3n) is 11.2. The summed E-state index contributed by atoms with van der Waals surface area (Å²) in [5.74, 6) is -2.38. The zero-order chi connectivity index (χ0) is 45.6. The van der Waals surface area contributed by atoms with Crippen LogP contribution in [-0.4, -0.2) is 64.9 Å². The molecule has 62 heavy (non-hydrogen) atoms. The smallest absolute Gasteiger partial charge is 0.472 e. The average molecular weight is 900 g/mol. The molecule has 364 valence electrons. The molecule has 0 aliphatic rings. The third kappa shape index (κ3) is 44.6. The number of hydrogen-bond donors (Lipinski definition) is 4. The Balaban J connectivity index is 3.76. The van der Waals surface area contributed by atoms with Gasteiger partial charge in [0, 0.05) is 12.8 Å². The van der Waals surface area contributed by atoms with E-state index in [2.05, 4.69) is 43.5 Å². The lowest BCUT2D eigenvalue weighted by Crippen LogP contribution is -2.43. The Morgan fingerprint density at radius 2 is 0.903 bits per heavy atom. The summed E-state index contributed by atoms with van der Waals surface area (Å²) < 4.78 is 26.9. The number of aliphatic hydroxyl groups excluding tert-OH is 1. The van der Waals surface area contributed by atoms with Gasteiger partial charge in [0.05, 0.1) is 13.2 Å². The lowest BCUT2D eigenvalue weighted by atomic mass is 10.0. The standard InChI is InChI=1S/C50H94NO10P/c1-3-5-7-9-11-13-15-17-19-20-21-22-23-24-25-26-27-28-30-32-34-36-38-40-42-49(54)59-43-46(52)44-60-62(57,58)61-45-47(50(55)56)51-48(53)41-39-37-35-33-31-29-18-16-14-12-10-8-6-4-2/h10,12,16,18,46-47,52H,3-9,11,13-15,17,19-45H2,1-2H3,(H,51,53)(H,55,56)(H,57,58)/b12-10-,18-16-. The third-order valence-corrected chi connectivity index (χ3v) is 12.2. The molecule has 11 nitrogen and oxygen atoms in total. The Labute approximate surface area is 379 Å². The average Bonchev–Trinajstić information content (AvgIpc) is 3.25. The quantitative estimate of drug-likeness (QED) is 0.0200. The molecular formula is C50H94NO10P. The van der Waals surface area contributed by atoms with Crippen LogP contribution in [0.2, 0.25) is 0 Å². The molecule has 0 heterocycles. The van der Waals surface area contributed by atoms with Crippen molar-refractivity contribution in [1.29, 1.82) is 0 Å². The largest absolute Gasteiger partial charge is 0.480 e. The van der Waals surface area contributed by atoms with E-state index in [1.807, 2.05) is 0 Å². The van der Waals surface area contributed by atoms with Crippen LogP contribution in [0.1, 0.15) is 245 Å². The zero-order valence-corrected chi connectivity index (χ0v) is 40.6. The summed E-state index contributed by atoms with van der Waals surface area (Å²) in [6.07, 6.45) is 49.3. The van der Waals surface area contributed by atoms with Crippen LogP contribution in [0.3, 0.4) is 0 Å². The number of carboxylic acid groups (broad SMARTS) is 1.